The van der Waals surface area contributed by atoms with E-state index in [0.717, 1.165) is 45.3 Å². The van der Waals surface area contributed by atoms with Crippen LogP contribution in [0.4, 0.5) is 13.2 Å². The minimum Gasteiger partial charge on any atom is -0.475 e. The molecule has 0 saturated carbocycles. The molecule has 0 aromatic heterocycles. The van der Waals surface area contributed by atoms with E-state index >= 15 is 0 Å². The van der Waals surface area contributed by atoms with Crippen molar-refractivity contribution in [2.45, 2.75) is 50.9 Å². The van der Waals surface area contributed by atoms with Gasteiger partial charge in [0.25, 0.3) is 0 Å². The number of aryl methyl sites for hydroxylation is 1. The molecule has 2 saturated heterocycles. The molecular formula is C19H25F3N2O3. The van der Waals surface area contributed by atoms with Crippen molar-refractivity contribution >= 4 is 11.9 Å². The molecule has 2 heterocycles. The average molecular weight is 386 g/mol. The van der Waals surface area contributed by atoms with Crippen LogP contribution >= 0.6 is 0 Å². The van der Waals surface area contributed by atoms with Crippen molar-refractivity contribution in [1.82, 2.24) is 9.80 Å². The van der Waals surface area contributed by atoms with Gasteiger partial charge in [0.15, 0.2) is 0 Å². The van der Waals surface area contributed by atoms with E-state index in [-0.39, 0.29) is 5.54 Å². The molecule has 5 nitrogen and oxygen atoms in total. The van der Waals surface area contributed by atoms with Crippen molar-refractivity contribution in [2.24, 2.45) is 0 Å². The summed E-state index contributed by atoms with van der Waals surface area (Å²) >= 11 is 0. The van der Waals surface area contributed by atoms with Crippen LogP contribution in [0.1, 0.15) is 36.8 Å². The number of benzene rings is 1. The summed E-state index contributed by atoms with van der Waals surface area (Å²) < 4.78 is 31.7. The minimum atomic E-state index is -5.08. The van der Waals surface area contributed by atoms with Crippen LogP contribution in [-0.2, 0) is 16.1 Å². The Labute approximate surface area is 156 Å². The molecule has 3 rings (SSSR count). The highest BCUT2D eigenvalue weighted by Gasteiger charge is 2.46. The number of aliphatic carboxylic acids is 1. The van der Waals surface area contributed by atoms with Crippen LogP contribution in [0.5, 0.6) is 0 Å². The predicted octanol–water partition coefficient (Wildman–Crippen LogP) is 3.22. The molecule has 1 N–H and O–H groups in total. The highest BCUT2D eigenvalue weighted by atomic mass is 19.4. The molecule has 1 spiro atoms. The average Bonchev–Trinajstić information content (AvgIpc) is 2.87. The lowest BCUT2D eigenvalue weighted by Crippen LogP contribution is -2.52. The number of halogens is 3. The summed E-state index contributed by atoms with van der Waals surface area (Å²) in [7, 11) is 2.18. The number of hydrogen-bond acceptors (Lipinski definition) is 3. The molecular weight excluding hydrogens is 361 g/mol. The molecule has 150 valence electrons. The van der Waals surface area contributed by atoms with Crippen LogP contribution in [0, 0.1) is 6.92 Å². The second kappa shape index (κ2) is 8.29. The van der Waals surface area contributed by atoms with Gasteiger partial charge in [-0.15, -0.1) is 0 Å². The van der Waals surface area contributed by atoms with E-state index in [4.69, 9.17) is 9.90 Å². The molecule has 0 atom stereocenters. The fourth-order valence-electron chi connectivity index (χ4n) is 3.68. The van der Waals surface area contributed by atoms with E-state index in [2.05, 4.69) is 48.0 Å². The number of hydrogen-bond donors (Lipinski definition) is 1. The Morgan fingerprint density at radius 3 is 2.33 bits per heavy atom. The van der Waals surface area contributed by atoms with Crippen LogP contribution in [0.25, 0.3) is 0 Å². The van der Waals surface area contributed by atoms with Crippen molar-refractivity contribution in [3.8, 4) is 0 Å². The van der Waals surface area contributed by atoms with Gasteiger partial charge in [0, 0.05) is 31.6 Å². The first-order valence-corrected chi connectivity index (χ1v) is 8.88. The van der Waals surface area contributed by atoms with Crippen molar-refractivity contribution in [3.63, 3.8) is 0 Å². The molecule has 2 aliphatic rings. The Morgan fingerprint density at radius 1 is 1.22 bits per heavy atom. The largest absolute Gasteiger partial charge is 0.490 e. The first-order chi connectivity index (χ1) is 12.5. The molecule has 0 aliphatic carbocycles. The van der Waals surface area contributed by atoms with Crippen LogP contribution in [-0.4, -0.2) is 58.6 Å². The van der Waals surface area contributed by atoms with Crippen molar-refractivity contribution in [3.05, 3.63) is 35.4 Å². The Balaban J connectivity index is 0.000000321. The van der Waals surface area contributed by atoms with Crippen molar-refractivity contribution in [2.75, 3.05) is 20.1 Å². The number of alkyl halides is 3. The Bertz CT molecular complexity index is 683. The third-order valence-electron chi connectivity index (χ3n) is 5.26. The van der Waals surface area contributed by atoms with Gasteiger partial charge in [-0.25, -0.2) is 4.79 Å². The molecule has 0 unspecified atom stereocenters. The van der Waals surface area contributed by atoms with Crippen molar-refractivity contribution < 1.29 is 27.9 Å². The zero-order valence-electron chi connectivity index (χ0n) is 15.6. The summed E-state index contributed by atoms with van der Waals surface area (Å²) in [5.74, 6) is -2.41. The maximum Gasteiger partial charge on any atom is 0.490 e. The lowest BCUT2D eigenvalue weighted by Gasteiger charge is -2.44. The number of carbonyl (C=O) groups is 2. The quantitative estimate of drug-likeness (QED) is 0.848. The monoisotopic (exact) mass is 386 g/mol. The fraction of sp³-hybridized carbons (Fsp3) is 0.579. The summed E-state index contributed by atoms with van der Waals surface area (Å²) in [6.45, 7) is 5.11. The lowest BCUT2D eigenvalue weighted by atomic mass is 9.85. The van der Waals surface area contributed by atoms with Gasteiger partial charge in [0.2, 0.25) is 5.91 Å². The first kappa shape index (κ1) is 21.2. The number of nitrogens with zero attached hydrogens (tertiary/aromatic N) is 2. The number of carbonyl (C=O) groups excluding carboxylic acids is 1. The standard InChI is InChI=1S/C17H24N2O.C2HF3O2/c1-14-4-3-5-15(12-14)13-19-16(20)6-7-17(19)8-10-18(2)11-9-17;3-2(4,5)1(6)7/h3-5,12H,6-11,13H2,1-2H3;(H,6,7). The number of likely N-dealkylation sites (tertiary alicyclic amines) is 2. The van der Waals surface area contributed by atoms with Gasteiger partial charge >= 0.3 is 12.1 Å². The molecule has 1 aromatic carbocycles. The summed E-state index contributed by atoms with van der Waals surface area (Å²) in [5, 5.41) is 7.12. The SMILES string of the molecule is Cc1cccc(CN2C(=O)CCC23CCN(C)CC3)c1.O=C(O)C(F)(F)F. The van der Waals surface area contributed by atoms with Gasteiger partial charge < -0.3 is 14.9 Å². The number of carboxylic acid groups (broad SMARTS) is 1. The molecule has 1 amide bonds. The van der Waals surface area contributed by atoms with E-state index in [1.54, 1.807) is 0 Å². The highest BCUT2D eigenvalue weighted by Crippen LogP contribution is 2.39. The van der Waals surface area contributed by atoms with E-state index in [1.807, 2.05) is 0 Å². The number of rotatable bonds is 2. The normalized spacial score (nSPS) is 19.7. The number of carboxylic acids is 1. The molecule has 8 heteroatoms. The van der Waals surface area contributed by atoms with E-state index in [0.29, 0.717) is 5.91 Å². The van der Waals surface area contributed by atoms with Crippen LogP contribution in [0.3, 0.4) is 0 Å². The summed E-state index contributed by atoms with van der Waals surface area (Å²) in [5.41, 5.74) is 2.66. The summed E-state index contributed by atoms with van der Waals surface area (Å²) in [4.78, 5) is 25.8. The number of amides is 1. The molecule has 27 heavy (non-hydrogen) atoms. The third kappa shape index (κ3) is 5.45. The van der Waals surface area contributed by atoms with Crippen molar-refractivity contribution in [1.29, 1.82) is 0 Å². The summed E-state index contributed by atoms with van der Waals surface area (Å²) in [6, 6.07) is 8.54. The number of piperidine rings is 1. The van der Waals surface area contributed by atoms with Gasteiger partial charge in [0.1, 0.15) is 0 Å². The van der Waals surface area contributed by atoms with Gasteiger partial charge in [-0.1, -0.05) is 29.8 Å². The Kier molecular flexibility index (Phi) is 6.51. The van der Waals surface area contributed by atoms with E-state index < -0.39 is 12.1 Å². The van der Waals surface area contributed by atoms with Gasteiger partial charge in [-0.05, 0) is 38.8 Å². The molecule has 0 radical (unpaired) electrons. The molecule has 2 aliphatic heterocycles. The first-order valence-electron chi connectivity index (χ1n) is 8.88. The van der Waals surface area contributed by atoms with Gasteiger partial charge in [-0.3, -0.25) is 4.79 Å². The minimum absolute atomic E-state index is 0.132. The third-order valence-corrected chi connectivity index (χ3v) is 5.26. The Hall–Kier alpha value is -2.09. The smallest absolute Gasteiger partial charge is 0.475 e. The maximum atomic E-state index is 12.3. The topological polar surface area (TPSA) is 60.9 Å². The maximum absolute atomic E-state index is 12.3. The molecule has 2 fully saturated rings. The highest BCUT2D eigenvalue weighted by molar-refractivity contribution is 5.79. The van der Waals surface area contributed by atoms with Crippen LogP contribution in [0.15, 0.2) is 24.3 Å². The molecule has 1 aromatic rings. The van der Waals surface area contributed by atoms with Crippen LogP contribution in [0.2, 0.25) is 0 Å². The zero-order valence-corrected chi connectivity index (χ0v) is 15.6. The fourth-order valence-corrected chi connectivity index (χ4v) is 3.68. The van der Waals surface area contributed by atoms with E-state index in [1.165, 1.54) is 11.1 Å². The zero-order chi connectivity index (χ0) is 20.2. The van der Waals surface area contributed by atoms with Gasteiger partial charge in [0.05, 0.1) is 0 Å². The second-order valence-electron chi connectivity index (χ2n) is 7.30. The lowest BCUT2D eigenvalue weighted by molar-refractivity contribution is -0.192. The predicted molar refractivity (Wildman–Crippen MR) is 94.1 cm³/mol. The molecule has 0 bridgehead atoms. The Morgan fingerprint density at radius 2 is 1.81 bits per heavy atom. The van der Waals surface area contributed by atoms with Gasteiger partial charge in [-0.2, -0.15) is 13.2 Å². The second-order valence-corrected chi connectivity index (χ2v) is 7.30. The van der Waals surface area contributed by atoms with E-state index in [9.17, 15) is 18.0 Å². The van der Waals surface area contributed by atoms with Crippen LogP contribution < -0.4 is 0 Å². The summed E-state index contributed by atoms with van der Waals surface area (Å²) in [6.07, 6.45) is -1.05.